The van der Waals surface area contributed by atoms with Gasteiger partial charge in [0.05, 0.1) is 16.2 Å². The lowest BCUT2D eigenvalue weighted by Gasteiger charge is -2.05. The molecule has 0 radical (unpaired) electrons. The molecule has 128 valence electrons. The number of ether oxygens (including phenoxy) is 1. The van der Waals surface area contributed by atoms with E-state index in [9.17, 15) is 4.79 Å². The van der Waals surface area contributed by atoms with Crippen molar-refractivity contribution in [2.24, 2.45) is 0 Å². The molecule has 5 nitrogen and oxygen atoms in total. The van der Waals surface area contributed by atoms with Crippen LogP contribution in [0.5, 0.6) is 5.75 Å². The fourth-order valence-corrected chi connectivity index (χ4v) is 2.59. The van der Waals surface area contributed by atoms with Gasteiger partial charge in [0.15, 0.2) is 5.78 Å². The van der Waals surface area contributed by atoms with Gasteiger partial charge in [-0.2, -0.15) is 5.10 Å². The van der Waals surface area contributed by atoms with Gasteiger partial charge in [0, 0.05) is 12.7 Å². The van der Waals surface area contributed by atoms with Crippen LogP contribution < -0.4 is 4.74 Å². The highest BCUT2D eigenvalue weighted by Gasteiger charge is 2.06. The molecule has 1 aromatic carbocycles. The van der Waals surface area contributed by atoms with Crippen LogP contribution in [0.2, 0.25) is 0 Å². The summed E-state index contributed by atoms with van der Waals surface area (Å²) in [5.41, 5.74) is 0.558. The smallest absolute Gasteiger partial charge is 0.189 e. The zero-order valence-electron chi connectivity index (χ0n) is 13.7. The highest BCUT2D eigenvalue weighted by molar-refractivity contribution is 9.10. The molecule has 0 N–H and O–H groups in total. The number of aromatic nitrogens is 2. The first-order valence-electron chi connectivity index (χ1n) is 7.86. The molecule has 0 aliphatic carbocycles. The van der Waals surface area contributed by atoms with Crippen LogP contribution in [0.3, 0.4) is 0 Å². The second-order valence-electron chi connectivity index (χ2n) is 5.31. The topological polar surface area (TPSA) is 57.3 Å². The molecule has 3 aromatic rings. The van der Waals surface area contributed by atoms with Crippen LogP contribution in [0.25, 0.3) is 6.08 Å². The minimum atomic E-state index is -0.109. The summed E-state index contributed by atoms with van der Waals surface area (Å²) in [5.74, 6) is 1.92. The normalized spacial score (nSPS) is 11.1. The maximum atomic E-state index is 12.1. The van der Waals surface area contributed by atoms with Gasteiger partial charge < -0.3 is 9.15 Å². The monoisotopic (exact) mass is 400 g/mol. The van der Waals surface area contributed by atoms with Crippen molar-refractivity contribution in [3.05, 3.63) is 76.4 Å². The fourth-order valence-electron chi connectivity index (χ4n) is 2.19. The van der Waals surface area contributed by atoms with Gasteiger partial charge in [-0.25, -0.2) is 0 Å². The Balaban J connectivity index is 1.59. The molecule has 25 heavy (non-hydrogen) atoms. The summed E-state index contributed by atoms with van der Waals surface area (Å²) in [7, 11) is 0. The van der Waals surface area contributed by atoms with E-state index in [1.807, 2.05) is 37.3 Å². The molecule has 0 fully saturated rings. The summed E-state index contributed by atoms with van der Waals surface area (Å²) in [4.78, 5) is 12.1. The van der Waals surface area contributed by atoms with E-state index in [1.165, 1.54) is 6.08 Å². The number of halogens is 1. The lowest BCUT2D eigenvalue weighted by Crippen LogP contribution is -1.94. The van der Waals surface area contributed by atoms with Crippen molar-refractivity contribution in [1.29, 1.82) is 0 Å². The first-order valence-corrected chi connectivity index (χ1v) is 8.66. The number of hydrogen-bond donors (Lipinski definition) is 0. The van der Waals surface area contributed by atoms with Crippen molar-refractivity contribution in [2.45, 2.75) is 20.1 Å². The number of para-hydroxylation sites is 1. The average molecular weight is 401 g/mol. The average Bonchev–Trinajstić information content (AvgIpc) is 3.28. The van der Waals surface area contributed by atoms with E-state index < -0.39 is 0 Å². The number of carbonyl (C=O) groups is 1. The van der Waals surface area contributed by atoms with Crippen molar-refractivity contribution in [1.82, 2.24) is 9.78 Å². The van der Waals surface area contributed by atoms with Gasteiger partial charge in [0.1, 0.15) is 23.9 Å². The van der Waals surface area contributed by atoms with Crippen molar-refractivity contribution >= 4 is 27.8 Å². The molecule has 6 heteroatoms. The molecule has 0 saturated carbocycles. The van der Waals surface area contributed by atoms with Crippen molar-refractivity contribution in [3.8, 4) is 5.75 Å². The van der Waals surface area contributed by atoms with Gasteiger partial charge in [0.25, 0.3) is 0 Å². The molecule has 0 aliphatic rings. The van der Waals surface area contributed by atoms with E-state index in [4.69, 9.17) is 9.15 Å². The van der Waals surface area contributed by atoms with Gasteiger partial charge in [-0.3, -0.25) is 9.48 Å². The Hall–Kier alpha value is -2.60. The molecule has 0 unspecified atom stereocenters. The van der Waals surface area contributed by atoms with E-state index in [0.29, 0.717) is 23.7 Å². The van der Waals surface area contributed by atoms with Crippen LogP contribution in [0, 0.1) is 0 Å². The first kappa shape index (κ1) is 17.2. The minimum absolute atomic E-state index is 0.109. The summed E-state index contributed by atoms with van der Waals surface area (Å²) in [6.45, 7) is 3.02. The number of carbonyl (C=O) groups excluding carboxylic acids is 1. The molecule has 0 spiro atoms. The molecular weight excluding hydrogens is 384 g/mol. The largest absolute Gasteiger partial charge is 0.484 e. The summed E-state index contributed by atoms with van der Waals surface area (Å²) < 4.78 is 14.0. The van der Waals surface area contributed by atoms with E-state index in [1.54, 1.807) is 29.2 Å². The van der Waals surface area contributed by atoms with Crippen LogP contribution >= 0.6 is 15.9 Å². The zero-order chi connectivity index (χ0) is 17.6. The number of aryl methyl sites for hydroxylation is 1. The maximum absolute atomic E-state index is 12.1. The first-order chi connectivity index (χ1) is 12.2. The molecule has 0 aliphatic heterocycles. The standard InChI is InChI=1S/C19H17BrN2O3/c1-2-22-12-14(11-21-22)18(23)10-9-15-7-8-16(25-15)13-24-19-6-4-3-5-17(19)20/h3-12H,2,13H2,1H3/b10-9+. The fraction of sp³-hybridized carbons (Fsp3) is 0.158. The summed E-state index contributed by atoms with van der Waals surface area (Å²) >= 11 is 3.43. The third-order valence-electron chi connectivity index (χ3n) is 3.53. The number of nitrogens with zero attached hydrogens (tertiary/aromatic N) is 2. The van der Waals surface area contributed by atoms with Crippen molar-refractivity contribution in [3.63, 3.8) is 0 Å². The van der Waals surface area contributed by atoms with Crippen LogP contribution in [-0.2, 0) is 13.2 Å². The highest BCUT2D eigenvalue weighted by Crippen LogP contribution is 2.25. The Kier molecular flexibility index (Phi) is 5.50. The number of benzene rings is 1. The van der Waals surface area contributed by atoms with Gasteiger partial charge in [-0.15, -0.1) is 0 Å². The summed E-state index contributed by atoms with van der Waals surface area (Å²) in [5, 5.41) is 4.09. The Labute approximate surface area is 154 Å². The molecule has 0 bridgehead atoms. The Morgan fingerprint density at radius 1 is 1.32 bits per heavy atom. The minimum Gasteiger partial charge on any atom is -0.484 e. The van der Waals surface area contributed by atoms with Gasteiger partial charge in [-0.05, 0) is 59.3 Å². The molecule has 2 aromatic heterocycles. The quantitative estimate of drug-likeness (QED) is 0.424. The number of hydrogen-bond acceptors (Lipinski definition) is 4. The van der Waals surface area contributed by atoms with Crippen LogP contribution in [0.4, 0.5) is 0 Å². The number of ketones is 1. The molecule has 2 heterocycles. The van der Waals surface area contributed by atoms with Crippen molar-refractivity contribution in [2.75, 3.05) is 0 Å². The Morgan fingerprint density at radius 2 is 2.16 bits per heavy atom. The molecule has 0 atom stereocenters. The van der Waals surface area contributed by atoms with E-state index >= 15 is 0 Å². The number of rotatable bonds is 7. The van der Waals surface area contributed by atoms with Crippen LogP contribution in [0.15, 0.2) is 63.8 Å². The van der Waals surface area contributed by atoms with E-state index in [-0.39, 0.29) is 5.78 Å². The van der Waals surface area contributed by atoms with E-state index in [2.05, 4.69) is 21.0 Å². The lowest BCUT2D eigenvalue weighted by molar-refractivity contribution is 0.104. The molecule has 3 rings (SSSR count). The molecular formula is C19H17BrN2O3. The lowest BCUT2D eigenvalue weighted by atomic mass is 10.2. The Morgan fingerprint density at radius 3 is 2.92 bits per heavy atom. The SMILES string of the molecule is CCn1cc(C(=O)/C=C/c2ccc(COc3ccccc3Br)o2)cn1. The summed E-state index contributed by atoms with van der Waals surface area (Å²) in [6.07, 6.45) is 6.42. The molecule has 0 saturated heterocycles. The molecule has 0 amide bonds. The number of furan rings is 1. The van der Waals surface area contributed by atoms with Gasteiger partial charge in [-0.1, -0.05) is 12.1 Å². The van der Waals surface area contributed by atoms with Gasteiger partial charge >= 0.3 is 0 Å². The van der Waals surface area contributed by atoms with Crippen LogP contribution in [0.1, 0.15) is 28.8 Å². The highest BCUT2D eigenvalue weighted by atomic mass is 79.9. The van der Waals surface area contributed by atoms with Crippen molar-refractivity contribution < 1.29 is 13.9 Å². The predicted molar refractivity (Wildman–Crippen MR) is 98.4 cm³/mol. The van der Waals surface area contributed by atoms with E-state index in [0.717, 1.165) is 16.8 Å². The number of allylic oxidation sites excluding steroid dienone is 1. The Bertz CT molecular complexity index is 895. The third kappa shape index (κ3) is 4.48. The second kappa shape index (κ2) is 7.98. The maximum Gasteiger partial charge on any atom is 0.189 e. The second-order valence-corrected chi connectivity index (χ2v) is 6.16. The predicted octanol–water partition coefficient (Wildman–Crippen LogP) is 4.73. The van der Waals surface area contributed by atoms with Gasteiger partial charge in [0.2, 0.25) is 0 Å². The third-order valence-corrected chi connectivity index (χ3v) is 4.18. The summed E-state index contributed by atoms with van der Waals surface area (Å²) in [6, 6.07) is 11.3. The van der Waals surface area contributed by atoms with Crippen LogP contribution in [-0.4, -0.2) is 15.6 Å². The zero-order valence-corrected chi connectivity index (χ0v) is 15.3.